The number of aryl methyl sites for hydroxylation is 2. The summed E-state index contributed by atoms with van der Waals surface area (Å²) in [6.07, 6.45) is 0.545. The third kappa shape index (κ3) is 3.73. The second-order valence-corrected chi connectivity index (χ2v) is 8.16. The summed E-state index contributed by atoms with van der Waals surface area (Å²) in [6.45, 7) is 13.2. The molecule has 2 aromatic rings. The molecule has 0 radical (unpaired) electrons. The summed E-state index contributed by atoms with van der Waals surface area (Å²) < 4.78 is 11.6. The molecule has 2 atom stereocenters. The first-order valence-corrected chi connectivity index (χ1v) is 9.79. The Morgan fingerprint density at radius 2 is 1.56 bits per heavy atom. The van der Waals surface area contributed by atoms with Gasteiger partial charge in [0.15, 0.2) is 11.9 Å². The fourth-order valence-corrected chi connectivity index (χ4v) is 3.66. The van der Waals surface area contributed by atoms with Crippen molar-refractivity contribution in [3.63, 3.8) is 0 Å². The van der Waals surface area contributed by atoms with Gasteiger partial charge in [0.1, 0.15) is 11.5 Å². The van der Waals surface area contributed by atoms with Gasteiger partial charge >= 0.3 is 0 Å². The van der Waals surface area contributed by atoms with E-state index in [1.807, 2.05) is 26.8 Å². The highest BCUT2D eigenvalue weighted by molar-refractivity contribution is 5.91. The van der Waals surface area contributed by atoms with Crippen LogP contribution in [0.4, 0.5) is 0 Å². The summed E-state index contributed by atoms with van der Waals surface area (Å²) in [5.74, 6) is 2.10. The van der Waals surface area contributed by atoms with Crippen LogP contribution in [-0.2, 0) is 10.2 Å². The molecule has 1 aliphatic carbocycles. The molecule has 0 spiro atoms. The molecule has 2 aromatic carbocycles. The lowest BCUT2D eigenvalue weighted by molar-refractivity contribution is -0.139. The zero-order chi connectivity index (χ0) is 19.8. The average Bonchev–Trinajstić information content (AvgIpc) is 2.64. The highest BCUT2D eigenvalue weighted by atomic mass is 16.5. The Morgan fingerprint density at radius 1 is 1.00 bits per heavy atom. The Balaban J connectivity index is 1.83. The minimum absolute atomic E-state index is 0.136. The van der Waals surface area contributed by atoms with Gasteiger partial charge in [0.2, 0.25) is 0 Å². The number of benzene rings is 2. The number of rotatable bonds is 6. The van der Waals surface area contributed by atoms with Crippen molar-refractivity contribution in [3.05, 3.63) is 58.7 Å². The van der Waals surface area contributed by atoms with Crippen molar-refractivity contribution < 1.29 is 14.3 Å². The van der Waals surface area contributed by atoms with Crippen molar-refractivity contribution in [2.75, 3.05) is 6.61 Å². The molecule has 3 rings (SSSR count). The zero-order valence-electron chi connectivity index (χ0n) is 17.3. The first kappa shape index (κ1) is 19.5. The van der Waals surface area contributed by atoms with Crippen LogP contribution in [0.3, 0.4) is 0 Å². The van der Waals surface area contributed by atoms with Crippen molar-refractivity contribution in [1.82, 2.24) is 0 Å². The topological polar surface area (TPSA) is 35.5 Å². The Hall–Kier alpha value is -2.29. The largest absolute Gasteiger partial charge is 0.494 e. The van der Waals surface area contributed by atoms with Crippen LogP contribution < -0.4 is 9.47 Å². The van der Waals surface area contributed by atoms with E-state index in [-0.39, 0.29) is 23.2 Å². The van der Waals surface area contributed by atoms with Gasteiger partial charge in [0.05, 0.1) is 6.61 Å². The molecule has 27 heavy (non-hydrogen) atoms. The highest BCUT2D eigenvalue weighted by Crippen LogP contribution is 2.37. The lowest BCUT2D eigenvalue weighted by Crippen LogP contribution is -2.44. The molecule has 3 heteroatoms. The van der Waals surface area contributed by atoms with Crippen LogP contribution >= 0.6 is 0 Å². The summed E-state index contributed by atoms with van der Waals surface area (Å²) in [5, 5.41) is 0. The predicted molar refractivity (Wildman–Crippen MR) is 109 cm³/mol. The summed E-state index contributed by atoms with van der Waals surface area (Å²) in [6, 6.07) is 12.7. The molecule has 1 aliphatic rings. The molecule has 1 saturated carbocycles. The molecule has 2 unspecified atom stereocenters. The molecule has 0 N–H and O–H groups in total. The maximum atomic E-state index is 11.9. The van der Waals surface area contributed by atoms with E-state index in [4.69, 9.17) is 9.47 Å². The number of carbonyl (C=O) groups is 1. The molecule has 0 amide bonds. The normalized spacial score (nSPS) is 19.6. The van der Waals surface area contributed by atoms with E-state index in [0.29, 0.717) is 6.61 Å². The van der Waals surface area contributed by atoms with Crippen molar-refractivity contribution in [3.8, 4) is 11.5 Å². The minimum Gasteiger partial charge on any atom is -0.494 e. The number of carbonyl (C=O) groups excluding carboxylic acids is 1. The van der Waals surface area contributed by atoms with Gasteiger partial charge in [-0.15, -0.1) is 0 Å². The van der Waals surface area contributed by atoms with Gasteiger partial charge in [0, 0.05) is 17.8 Å². The second kappa shape index (κ2) is 7.38. The summed E-state index contributed by atoms with van der Waals surface area (Å²) in [4.78, 5) is 11.9. The van der Waals surface area contributed by atoms with E-state index in [0.717, 1.165) is 29.0 Å². The van der Waals surface area contributed by atoms with Gasteiger partial charge < -0.3 is 9.47 Å². The van der Waals surface area contributed by atoms with Crippen molar-refractivity contribution in [1.29, 1.82) is 0 Å². The van der Waals surface area contributed by atoms with Crippen LogP contribution in [0.15, 0.2) is 36.4 Å². The SMILES string of the molecule is CCOc1ccc(C(C)(C)c2ccc(OC3CC(C)C3=O)c(C)c2)cc1C. The van der Waals surface area contributed by atoms with Crippen molar-refractivity contribution in [2.45, 2.75) is 59.5 Å². The first-order chi connectivity index (χ1) is 12.7. The predicted octanol–water partition coefficient (Wildman–Crippen LogP) is 5.38. The number of hydrogen-bond acceptors (Lipinski definition) is 3. The van der Waals surface area contributed by atoms with Crippen LogP contribution in [-0.4, -0.2) is 18.5 Å². The van der Waals surface area contributed by atoms with E-state index >= 15 is 0 Å². The van der Waals surface area contributed by atoms with Gasteiger partial charge in [-0.3, -0.25) is 4.79 Å². The molecule has 0 heterocycles. The van der Waals surface area contributed by atoms with Gasteiger partial charge in [-0.2, -0.15) is 0 Å². The molecule has 0 bridgehead atoms. The molecule has 0 aromatic heterocycles. The Labute approximate surface area is 162 Å². The number of ketones is 1. The smallest absolute Gasteiger partial charge is 0.176 e. The molecular formula is C24H30O3. The van der Waals surface area contributed by atoms with E-state index in [1.165, 1.54) is 11.1 Å². The highest BCUT2D eigenvalue weighted by Gasteiger charge is 2.38. The van der Waals surface area contributed by atoms with Crippen LogP contribution in [0.5, 0.6) is 11.5 Å². The number of Topliss-reactive ketones (excluding diaryl/α,β-unsaturated/α-hetero) is 1. The lowest BCUT2D eigenvalue weighted by atomic mass is 9.77. The van der Waals surface area contributed by atoms with Gasteiger partial charge in [-0.25, -0.2) is 0 Å². The zero-order valence-corrected chi connectivity index (χ0v) is 17.3. The average molecular weight is 367 g/mol. The first-order valence-electron chi connectivity index (χ1n) is 9.79. The molecule has 0 saturated heterocycles. The number of hydrogen-bond donors (Lipinski definition) is 0. The quantitative estimate of drug-likeness (QED) is 0.688. The third-order valence-corrected chi connectivity index (χ3v) is 5.73. The summed E-state index contributed by atoms with van der Waals surface area (Å²) >= 11 is 0. The molecule has 1 fully saturated rings. The van der Waals surface area contributed by atoms with Crippen LogP contribution in [0.25, 0.3) is 0 Å². The Bertz CT molecular complexity index is 851. The van der Waals surface area contributed by atoms with E-state index < -0.39 is 0 Å². The van der Waals surface area contributed by atoms with Crippen LogP contribution in [0.1, 0.15) is 56.4 Å². The van der Waals surface area contributed by atoms with E-state index in [9.17, 15) is 4.79 Å². The van der Waals surface area contributed by atoms with E-state index in [1.54, 1.807) is 0 Å². The van der Waals surface area contributed by atoms with Gasteiger partial charge in [-0.05, 0) is 55.2 Å². The molecule has 144 valence electrons. The van der Waals surface area contributed by atoms with Crippen LogP contribution in [0.2, 0.25) is 0 Å². The molecule has 0 aliphatic heterocycles. The molecule has 3 nitrogen and oxygen atoms in total. The lowest BCUT2D eigenvalue weighted by Gasteiger charge is -2.32. The maximum Gasteiger partial charge on any atom is 0.176 e. The standard InChI is InChI=1S/C24H30O3/c1-7-26-20-10-8-18(12-15(20)2)24(5,6)19-9-11-21(16(3)13-19)27-22-14-17(4)23(22)25/h8-13,17,22H,7,14H2,1-6H3. The fraction of sp³-hybridized carbons (Fsp3) is 0.458. The van der Waals surface area contributed by atoms with Crippen molar-refractivity contribution >= 4 is 5.78 Å². The monoisotopic (exact) mass is 366 g/mol. The van der Waals surface area contributed by atoms with E-state index in [2.05, 4.69) is 51.1 Å². The Morgan fingerprint density at radius 3 is 2.00 bits per heavy atom. The van der Waals surface area contributed by atoms with Crippen molar-refractivity contribution in [2.24, 2.45) is 5.92 Å². The fourth-order valence-electron chi connectivity index (χ4n) is 3.66. The second-order valence-electron chi connectivity index (χ2n) is 8.16. The Kier molecular flexibility index (Phi) is 5.32. The van der Waals surface area contributed by atoms with Gasteiger partial charge in [0.25, 0.3) is 0 Å². The van der Waals surface area contributed by atoms with Crippen LogP contribution in [0, 0.1) is 19.8 Å². The summed E-state index contributed by atoms with van der Waals surface area (Å²) in [7, 11) is 0. The van der Waals surface area contributed by atoms with Gasteiger partial charge in [-0.1, -0.05) is 45.0 Å². The molecular weight excluding hydrogens is 336 g/mol. The maximum absolute atomic E-state index is 11.9. The minimum atomic E-state index is -0.272. The summed E-state index contributed by atoms with van der Waals surface area (Å²) in [5.41, 5.74) is 4.55. The third-order valence-electron chi connectivity index (χ3n) is 5.73. The number of ether oxygens (including phenoxy) is 2.